The number of carboxylic acid groups (broad SMARTS) is 1. The van der Waals surface area contributed by atoms with Gasteiger partial charge < -0.3 is 14.8 Å². The van der Waals surface area contributed by atoms with Crippen molar-refractivity contribution in [3.05, 3.63) is 83.8 Å². The van der Waals surface area contributed by atoms with Crippen molar-refractivity contribution in [2.24, 2.45) is 0 Å². The van der Waals surface area contributed by atoms with E-state index in [0.29, 0.717) is 0 Å². The highest BCUT2D eigenvalue weighted by Gasteiger charge is 2.32. The average molecular weight is 428 g/mol. The molecular weight excluding hydrogens is 407 g/mol. The van der Waals surface area contributed by atoms with Gasteiger partial charge in [0.15, 0.2) is 0 Å². The summed E-state index contributed by atoms with van der Waals surface area (Å²) in [6.07, 6.45) is 0.219. The van der Waals surface area contributed by atoms with Gasteiger partial charge in [-0.15, -0.1) is 0 Å². The molecule has 0 saturated carbocycles. The quantitative estimate of drug-likeness (QED) is 0.406. The van der Waals surface area contributed by atoms with Crippen molar-refractivity contribution in [2.45, 2.75) is 25.7 Å². The molecule has 0 aliphatic heterocycles. The standard InChI is InChI=1S/C26H21FN2O3/c1-26(2,13-14-28)24-23(16-3-5-17(6-4-16)25(31)32)21-15-20(30)11-12-22(21)29(24)19-9-7-18(27)8-10-19/h3-12,15,30H,13H2,1-2H3,(H,31,32). The number of phenolic OH excluding ortho intramolecular Hbond substituents is 1. The number of hydrogen-bond donors (Lipinski definition) is 2. The molecule has 5 nitrogen and oxygen atoms in total. The molecule has 6 heteroatoms. The summed E-state index contributed by atoms with van der Waals surface area (Å²) in [6, 6.07) is 19.9. The van der Waals surface area contributed by atoms with E-state index in [2.05, 4.69) is 6.07 Å². The van der Waals surface area contributed by atoms with Crippen molar-refractivity contribution < 1.29 is 19.4 Å². The second-order valence-corrected chi connectivity index (χ2v) is 8.34. The first-order valence-electron chi connectivity index (χ1n) is 10.1. The lowest BCUT2D eigenvalue weighted by molar-refractivity contribution is 0.0697. The van der Waals surface area contributed by atoms with Crippen molar-refractivity contribution in [2.75, 3.05) is 0 Å². The Balaban J connectivity index is 2.14. The largest absolute Gasteiger partial charge is 0.508 e. The van der Waals surface area contributed by atoms with Crippen LogP contribution in [0, 0.1) is 17.1 Å². The molecule has 3 aromatic carbocycles. The molecule has 0 atom stereocenters. The van der Waals surface area contributed by atoms with E-state index in [1.54, 1.807) is 42.5 Å². The molecule has 0 bridgehead atoms. The Morgan fingerprint density at radius 2 is 1.72 bits per heavy atom. The summed E-state index contributed by atoms with van der Waals surface area (Å²) in [4.78, 5) is 11.3. The smallest absolute Gasteiger partial charge is 0.335 e. The maximum atomic E-state index is 13.7. The van der Waals surface area contributed by atoms with E-state index in [0.717, 1.165) is 33.4 Å². The Morgan fingerprint density at radius 3 is 2.31 bits per heavy atom. The van der Waals surface area contributed by atoms with Gasteiger partial charge in [0.2, 0.25) is 0 Å². The molecule has 0 aliphatic rings. The first-order valence-corrected chi connectivity index (χ1v) is 10.1. The number of carboxylic acids is 1. The van der Waals surface area contributed by atoms with Gasteiger partial charge in [-0.1, -0.05) is 26.0 Å². The summed E-state index contributed by atoms with van der Waals surface area (Å²) in [6.45, 7) is 3.92. The Bertz CT molecular complexity index is 1360. The summed E-state index contributed by atoms with van der Waals surface area (Å²) in [5.74, 6) is -1.29. The first-order chi connectivity index (χ1) is 15.2. The minimum absolute atomic E-state index is 0.0850. The van der Waals surface area contributed by atoms with Crippen LogP contribution < -0.4 is 0 Å². The number of halogens is 1. The van der Waals surface area contributed by atoms with Crippen molar-refractivity contribution >= 4 is 16.9 Å². The first kappa shape index (κ1) is 21.1. The molecule has 160 valence electrons. The van der Waals surface area contributed by atoms with Crippen LogP contribution in [0.5, 0.6) is 5.75 Å². The molecule has 0 amide bonds. The van der Waals surface area contributed by atoms with Crippen LogP contribution in [0.2, 0.25) is 0 Å². The molecular formula is C26H21FN2O3. The number of fused-ring (bicyclic) bond motifs is 1. The van der Waals surface area contributed by atoms with Crippen LogP contribution in [0.3, 0.4) is 0 Å². The molecule has 0 radical (unpaired) electrons. The third-order valence-corrected chi connectivity index (χ3v) is 5.62. The van der Waals surface area contributed by atoms with Gasteiger partial charge in [-0.25, -0.2) is 9.18 Å². The van der Waals surface area contributed by atoms with E-state index in [-0.39, 0.29) is 23.6 Å². The number of carbonyl (C=O) groups is 1. The highest BCUT2D eigenvalue weighted by atomic mass is 19.1. The van der Waals surface area contributed by atoms with Gasteiger partial charge in [0.25, 0.3) is 0 Å². The van der Waals surface area contributed by atoms with Gasteiger partial charge >= 0.3 is 5.97 Å². The van der Waals surface area contributed by atoms with E-state index in [9.17, 15) is 24.7 Å². The number of aromatic carboxylic acids is 1. The summed E-state index contributed by atoms with van der Waals surface area (Å²) in [5, 5.41) is 29.8. The third-order valence-electron chi connectivity index (χ3n) is 5.62. The number of nitrogens with zero attached hydrogens (tertiary/aromatic N) is 2. The molecule has 0 unspecified atom stereocenters. The third kappa shape index (κ3) is 3.58. The van der Waals surface area contributed by atoms with Gasteiger partial charge in [0.1, 0.15) is 11.6 Å². The van der Waals surface area contributed by atoms with Crippen LogP contribution in [0.4, 0.5) is 4.39 Å². The zero-order chi connectivity index (χ0) is 23.0. The lowest BCUT2D eigenvalue weighted by Gasteiger charge is -2.26. The molecule has 4 rings (SSSR count). The van der Waals surface area contributed by atoms with E-state index in [4.69, 9.17) is 0 Å². The summed E-state index contributed by atoms with van der Waals surface area (Å²) >= 11 is 0. The van der Waals surface area contributed by atoms with Crippen LogP contribution in [0.1, 0.15) is 36.3 Å². The minimum Gasteiger partial charge on any atom is -0.508 e. The van der Waals surface area contributed by atoms with Gasteiger partial charge in [0, 0.05) is 34.2 Å². The Kier molecular flexibility index (Phi) is 5.19. The maximum absolute atomic E-state index is 13.7. The Labute approximate surface area is 184 Å². The number of aromatic hydroxyl groups is 1. The van der Waals surface area contributed by atoms with Gasteiger partial charge in [-0.3, -0.25) is 0 Å². The SMILES string of the molecule is CC(C)(CC#N)c1c(-c2ccc(C(=O)O)cc2)c2cc(O)ccc2n1-c1ccc(F)cc1. The van der Waals surface area contributed by atoms with E-state index >= 15 is 0 Å². The second-order valence-electron chi connectivity index (χ2n) is 8.34. The lowest BCUT2D eigenvalue weighted by Crippen LogP contribution is -2.21. The van der Waals surface area contributed by atoms with Crippen LogP contribution in [-0.4, -0.2) is 20.7 Å². The average Bonchev–Trinajstić information content (AvgIpc) is 3.09. The predicted molar refractivity (Wildman–Crippen MR) is 121 cm³/mol. The highest BCUT2D eigenvalue weighted by molar-refractivity contribution is 6.01. The van der Waals surface area contributed by atoms with Crippen LogP contribution >= 0.6 is 0 Å². The molecule has 1 aromatic heterocycles. The van der Waals surface area contributed by atoms with E-state index in [1.807, 2.05) is 18.4 Å². The van der Waals surface area contributed by atoms with Gasteiger partial charge in [-0.2, -0.15) is 5.26 Å². The minimum atomic E-state index is -1.02. The zero-order valence-electron chi connectivity index (χ0n) is 17.6. The zero-order valence-corrected chi connectivity index (χ0v) is 17.6. The number of aromatic nitrogens is 1. The summed E-state index contributed by atoms with van der Waals surface area (Å²) < 4.78 is 15.6. The molecule has 2 N–H and O–H groups in total. The van der Waals surface area contributed by atoms with Crippen LogP contribution in [0.15, 0.2) is 66.7 Å². The lowest BCUT2D eigenvalue weighted by atomic mass is 9.81. The molecule has 1 heterocycles. The maximum Gasteiger partial charge on any atom is 0.335 e. The molecule has 0 spiro atoms. The molecule has 0 aliphatic carbocycles. The van der Waals surface area contributed by atoms with Gasteiger partial charge in [0.05, 0.1) is 17.1 Å². The van der Waals surface area contributed by atoms with Crippen LogP contribution in [0.25, 0.3) is 27.7 Å². The van der Waals surface area contributed by atoms with Crippen molar-refractivity contribution in [3.8, 4) is 28.6 Å². The molecule has 0 saturated heterocycles. The topological polar surface area (TPSA) is 86.2 Å². The summed E-state index contributed by atoms with van der Waals surface area (Å²) in [5.41, 5.74) is 3.42. The predicted octanol–water partition coefficient (Wildman–Crippen LogP) is 6.03. The number of benzene rings is 3. The fourth-order valence-corrected chi connectivity index (χ4v) is 4.13. The van der Waals surface area contributed by atoms with Crippen molar-refractivity contribution in [1.82, 2.24) is 4.57 Å². The monoisotopic (exact) mass is 428 g/mol. The molecule has 32 heavy (non-hydrogen) atoms. The van der Waals surface area contributed by atoms with E-state index < -0.39 is 11.4 Å². The second kappa shape index (κ2) is 7.86. The molecule has 4 aromatic rings. The Morgan fingerprint density at radius 1 is 1.06 bits per heavy atom. The van der Waals surface area contributed by atoms with Crippen molar-refractivity contribution in [1.29, 1.82) is 5.26 Å². The highest BCUT2D eigenvalue weighted by Crippen LogP contribution is 2.44. The molecule has 0 fully saturated rings. The number of nitriles is 1. The normalized spacial score (nSPS) is 11.4. The van der Waals surface area contributed by atoms with Crippen LogP contribution in [-0.2, 0) is 5.41 Å². The fraction of sp³-hybridized carbons (Fsp3) is 0.154. The fourth-order valence-electron chi connectivity index (χ4n) is 4.13. The number of hydrogen-bond acceptors (Lipinski definition) is 3. The number of phenols is 1. The van der Waals surface area contributed by atoms with Gasteiger partial charge in [-0.05, 0) is 60.2 Å². The van der Waals surface area contributed by atoms with E-state index in [1.165, 1.54) is 24.3 Å². The van der Waals surface area contributed by atoms with Crippen molar-refractivity contribution in [3.63, 3.8) is 0 Å². The number of rotatable bonds is 5. The summed E-state index contributed by atoms with van der Waals surface area (Å²) in [7, 11) is 0. The Hall–Kier alpha value is -4.11.